The number of aliphatic hydroxyl groups is 10. The maximum atomic E-state index is 11.4. The maximum Gasteiger partial charge on any atom is 0.187 e. The van der Waals surface area contributed by atoms with E-state index in [4.69, 9.17) is 66.6 Å². The molecule has 5 rings (SSSR count). The minimum atomic E-state index is -1.82. The van der Waals surface area contributed by atoms with Crippen molar-refractivity contribution in [2.75, 3.05) is 26.4 Å². The van der Waals surface area contributed by atoms with Gasteiger partial charge in [-0.05, 0) is 12.8 Å². The summed E-state index contributed by atoms with van der Waals surface area (Å²) in [6, 6.07) is -4.01. The summed E-state index contributed by atoms with van der Waals surface area (Å²) in [6.45, 7) is -2.27. The number of rotatable bonds is 12. The Labute approximate surface area is 297 Å². The summed E-state index contributed by atoms with van der Waals surface area (Å²) in [6.07, 6.45) is -26.8. The predicted molar refractivity (Wildman–Crippen MR) is 168 cm³/mol. The Hall–Kier alpha value is -0.920. The summed E-state index contributed by atoms with van der Waals surface area (Å²) < 4.78 is 46.3. The lowest BCUT2D eigenvalue weighted by molar-refractivity contribution is -0.330. The van der Waals surface area contributed by atoms with E-state index >= 15 is 0 Å². The second-order valence-corrected chi connectivity index (χ2v) is 13.9. The average molecular weight is 762 g/mol. The third-order valence-corrected chi connectivity index (χ3v) is 10.3. The third kappa shape index (κ3) is 8.57. The van der Waals surface area contributed by atoms with E-state index in [0.717, 1.165) is 0 Å². The van der Waals surface area contributed by atoms with Crippen molar-refractivity contribution in [3.05, 3.63) is 0 Å². The Morgan fingerprint density at radius 2 is 1.00 bits per heavy atom. The molecule has 0 aromatic carbocycles. The highest BCUT2D eigenvalue weighted by Gasteiger charge is 2.55. The molecule has 0 aromatic heterocycles. The molecule has 0 radical (unpaired) electrons. The molecule has 0 spiro atoms. The molecular weight excluding hydrogens is 706 g/mol. The summed E-state index contributed by atoms with van der Waals surface area (Å²) in [5, 5.41) is 104. The van der Waals surface area contributed by atoms with E-state index in [2.05, 4.69) is 0 Å². The highest BCUT2D eigenvalue weighted by molar-refractivity contribution is 5.02. The van der Waals surface area contributed by atoms with Crippen molar-refractivity contribution in [1.82, 2.24) is 0 Å². The molecule has 23 nitrogen and oxygen atoms in total. The van der Waals surface area contributed by atoms with Gasteiger partial charge in [-0.15, -0.1) is 0 Å². The van der Waals surface area contributed by atoms with E-state index in [1.807, 2.05) is 0 Å². The van der Waals surface area contributed by atoms with Crippen molar-refractivity contribution >= 4 is 0 Å². The van der Waals surface area contributed by atoms with Gasteiger partial charge in [-0.3, -0.25) is 0 Å². The second kappa shape index (κ2) is 17.9. The van der Waals surface area contributed by atoms with Crippen LogP contribution in [0.5, 0.6) is 0 Å². The minimum Gasteiger partial charge on any atom is -0.394 e. The first-order valence-corrected chi connectivity index (χ1v) is 17.2. The van der Waals surface area contributed by atoms with E-state index in [-0.39, 0.29) is 19.4 Å². The van der Waals surface area contributed by atoms with Gasteiger partial charge < -0.3 is 118 Å². The highest BCUT2D eigenvalue weighted by Crippen LogP contribution is 2.35. The zero-order chi connectivity index (χ0) is 38.2. The van der Waals surface area contributed by atoms with Gasteiger partial charge in [-0.25, -0.2) is 0 Å². The normalized spacial score (nSPS) is 53.2. The quantitative estimate of drug-likeness (QED) is 0.0877. The van der Waals surface area contributed by atoms with Crippen LogP contribution in [0.25, 0.3) is 0 Å². The fraction of sp³-hybridized carbons (Fsp3) is 1.00. The van der Waals surface area contributed by atoms with Crippen molar-refractivity contribution in [1.29, 1.82) is 0 Å². The van der Waals surface area contributed by atoms with Crippen LogP contribution in [0.2, 0.25) is 0 Å². The summed E-state index contributed by atoms with van der Waals surface area (Å²) in [5.41, 5.74) is 30.8. The van der Waals surface area contributed by atoms with E-state index in [1.165, 1.54) is 0 Å². The molecule has 5 aliphatic rings. The van der Waals surface area contributed by atoms with Crippen molar-refractivity contribution in [3.8, 4) is 0 Å². The lowest BCUT2D eigenvalue weighted by Crippen LogP contribution is -2.68. The van der Waals surface area contributed by atoms with Crippen LogP contribution >= 0.6 is 0 Å². The smallest absolute Gasteiger partial charge is 0.187 e. The molecule has 23 heteroatoms. The van der Waals surface area contributed by atoms with Crippen molar-refractivity contribution in [2.45, 2.75) is 154 Å². The summed E-state index contributed by atoms with van der Waals surface area (Å²) >= 11 is 0. The molecule has 4 saturated heterocycles. The number of hydrogen-bond donors (Lipinski definition) is 15. The zero-order valence-corrected chi connectivity index (χ0v) is 28.1. The predicted octanol–water partition coefficient (Wildman–Crippen LogP) is -10.0. The Kier molecular flexibility index (Phi) is 14.5. The fourth-order valence-corrected chi connectivity index (χ4v) is 7.24. The fourth-order valence-electron chi connectivity index (χ4n) is 7.24. The first kappa shape index (κ1) is 42.2. The molecule has 20 N–H and O–H groups in total. The number of hydrogen-bond acceptors (Lipinski definition) is 23. The number of nitrogens with two attached hydrogens (primary N) is 5. The van der Waals surface area contributed by atoms with Crippen LogP contribution in [0.15, 0.2) is 0 Å². The second-order valence-electron chi connectivity index (χ2n) is 13.9. The lowest BCUT2D eigenvalue weighted by atomic mass is 9.84. The van der Waals surface area contributed by atoms with E-state index < -0.39 is 161 Å². The largest absolute Gasteiger partial charge is 0.394 e. The van der Waals surface area contributed by atoms with Gasteiger partial charge in [-0.2, -0.15) is 0 Å². The summed E-state index contributed by atoms with van der Waals surface area (Å²) in [5.74, 6) is 0. The van der Waals surface area contributed by atoms with Gasteiger partial charge in [-0.1, -0.05) is 0 Å². The summed E-state index contributed by atoms with van der Waals surface area (Å²) in [4.78, 5) is 0. The molecule has 4 heterocycles. The van der Waals surface area contributed by atoms with Crippen LogP contribution in [-0.2, 0) is 37.9 Å². The molecule has 4 aliphatic heterocycles. The Balaban J connectivity index is 1.27. The average Bonchev–Trinajstić information content (AvgIpc) is 3.41. The first-order valence-electron chi connectivity index (χ1n) is 17.2. The highest BCUT2D eigenvalue weighted by atomic mass is 16.8. The van der Waals surface area contributed by atoms with Gasteiger partial charge in [0.05, 0.1) is 44.1 Å². The molecule has 0 amide bonds. The van der Waals surface area contributed by atoms with Crippen LogP contribution in [-0.4, -0.2) is 218 Å². The van der Waals surface area contributed by atoms with Gasteiger partial charge in [0.25, 0.3) is 0 Å². The minimum absolute atomic E-state index is 0.0262. The van der Waals surface area contributed by atoms with Crippen LogP contribution in [0.3, 0.4) is 0 Å². The molecule has 0 unspecified atom stereocenters. The van der Waals surface area contributed by atoms with Crippen LogP contribution in [0.1, 0.15) is 12.8 Å². The van der Waals surface area contributed by atoms with Gasteiger partial charge in [0.15, 0.2) is 25.2 Å². The Bertz CT molecular complexity index is 1120. The molecular formula is C29H55N5O18. The number of aliphatic hydroxyl groups excluding tert-OH is 10. The Morgan fingerprint density at radius 1 is 0.462 bits per heavy atom. The monoisotopic (exact) mass is 761 g/mol. The molecule has 0 bridgehead atoms. The molecule has 5 fully saturated rings. The summed E-state index contributed by atoms with van der Waals surface area (Å²) in [7, 11) is 0. The third-order valence-electron chi connectivity index (χ3n) is 10.3. The lowest BCUT2D eigenvalue weighted by Gasteiger charge is -2.47. The van der Waals surface area contributed by atoms with Gasteiger partial charge in [0.2, 0.25) is 0 Å². The van der Waals surface area contributed by atoms with E-state index in [1.54, 1.807) is 0 Å². The van der Waals surface area contributed by atoms with Crippen LogP contribution in [0, 0.1) is 0 Å². The van der Waals surface area contributed by atoms with E-state index in [0.29, 0.717) is 0 Å². The van der Waals surface area contributed by atoms with Crippen molar-refractivity contribution < 1.29 is 89.0 Å². The number of ether oxygens (including phenoxy) is 8. The zero-order valence-electron chi connectivity index (χ0n) is 28.1. The van der Waals surface area contributed by atoms with Gasteiger partial charge >= 0.3 is 0 Å². The standard InChI is InChI=1S/C29H55N5O18/c30-3-11-22(49-23-13(5-36)45-26(44)19(42)18(23)41)17(40)15(34)28(46-11)51-24-14(6-37)48-29(20(24)43)52-25-16(39)7(31)1-8(32)21(25)50-27-9(33)2-10(38)12(4-35)47-27/h7-29,35-44H,1-6,30-34H2/t7-,8-,9-,10-,11-,12+,13-,14-,15-,16+,17-,18+,19-,20+,21+,22+,23-,24-,25-,26+,27-,28-,29+/m0/s1. The van der Waals surface area contributed by atoms with Crippen LogP contribution in [0.4, 0.5) is 0 Å². The maximum absolute atomic E-state index is 11.4. The molecule has 52 heavy (non-hydrogen) atoms. The topological polar surface area (TPSA) is 406 Å². The molecule has 0 aromatic rings. The van der Waals surface area contributed by atoms with Crippen LogP contribution < -0.4 is 28.7 Å². The van der Waals surface area contributed by atoms with Crippen molar-refractivity contribution in [2.24, 2.45) is 28.7 Å². The van der Waals surface area contributed by atoms with Gasteiger partial charge in [0, 0.05) is 18.6 Å². The molecule has 1 aliphatic carbocycles. The van der Waals surface area contributed by atoms with E-state index in [9.17, 15) is 51.1 Å². The van der Waals surface area contributed by atoms with Crippen molar-refractivity contribution in [3.63, 3.8) is 0 Å². The molecule has 23 atom stereocenters. The van der Waals surface area contributed by atoms with Gasteiger partial charge in [0.1, 0.15) is 79.4 Å². The first-order chi connectivity index (χ1) is 24.6. The Morgan fingerprint density at radius 3 is 1.63 bits per heavy atom. The molecule has 304 valence electrons. The molecule has 1 saturated carbocycles. The SMILES string of the molecule is NC[C@@H]1O[C@@H](O[C@@H]2[C@@H](O)[C@@H](O[C@H]3[C@H](O)[C@@H](N)C[C@H](N)[C@H]3O[C@@H]3O[C@H](CO)[C@@H](O)C[C@@H]3N)O[C@H]2CO)[C@@H](N)[C@H](O)[C@@H]1O[C@@H]1[C@H](O)[C@H](O)[C@H](O)O[C@H]1CO.